The predicted molar refractivity (Wildman–Crippen MR) is 84.8 cm³/mol. The number of methoxy groups -OCH3 is 1. The molecule has 0 unspecified atom stereocenters. The lowest BCUT2D eigenvalue weighted by Crippen LogP contribution is -1.94. The van der Waals surface area contributed by atoms with Crippen molar-refractivity contribution in [3.63, 3.8) is 0 Å². The number of fused-ring (bicyclic) bond motifs is 1. The van der Waals surface area contributed by atoms with Crippen molar-refractivity contribution in [3.8, 4) is 11.3 Å². The van der Waals surface area contributed by atoms with E-state index in [9.17, 15) is 0 Å². The topological polar surface area (TPSA) is 42.8 Å². The van der Waals surface area contributed by atoms with E-state index in [-0.39, 0.29) is 1.43 Å². The highest BCUT2D eigenvalue weighted by Crippen LogP contribution is 2.27. The molecule has 0 amide bonds. The fraction of sp³-hybridized carbons (Fsp3) is 0.312. The molecule has 0 fully saturated rings. The minimum absolute atomic E-state index is 0. The minimum atomic E-state index is 0. The summed E-state index contributed by atoms with van der Waals surface area (Å²) in [6.07, 6.45) is 4.23. The summed E-state index contributed by atoms with van der Waals surface area (Å²) >= 11 is 0. The number of nitrogens with zero attached hydrogens (tertiary/aromatic N) is 2. The molecule has 0 saturated heterocycles. The molecule has 0 aliphatic carbocycles. The van der Waals surface area contributed by atoms with E-state index in [0.29, 0.717) is 6.10 Å². The zero-order valence-electron chi connectivity index (χ0n) is 12.4. The Morgan fingerprint density at radius 2 is 1.95 bits per heavy atom. The highest BCUT2D eigenvalue weighted by Gasteiger charge is 2.07. The Morgan fingerprint density at radius 1 is 1.25 bits per heavy atom. The second-order valence-corrected chi connectivity index (χ2v) is 4.87. The number of nitrogens with one attached hydrogen (secondary N) is 1. The smallest absolute Gasteiger partial charge is 0.0700 e. The van der Waals surface area contributed by atoms with Gasteiger partial charge in [-0.1, -0.05) is 18.2 Å². The van der Waals surface area contributed by atoms with E-state index in [2.05, 4.69) is 28.3 Å². The van der Waals surface area contributed by atoms with Gasteiger partial charge < -0.3 is 9.72 Å². The van der Waals surface area contributed by atoms with Crippen LogP contribution < -0.4 is 0 Å². The predicted octanol–water partition coefficient (Wildman–Crippen LogP) is 3.86. The van der Waals surface area contributed by atoms with Gasteiger partial charge in [0.05, 0.1) is 11.8 Å². The van der Waals surface area contributed by atoms with Crippen LogP contribution in [0.15, 0.2) is 42.7 Å². The number of H-pyrrole nitrogens is 1. The number of benzene rings is 1. The number of hydrogen-bond acceptors (Lipinski definition) is 2. The molecular formula is C16H23N3O. The monoisotopic (exact) mass is 273 g/mol. The van der Waals surface area contributed by atoms with Gasteiger partial charge in [-0.3, -0.25) is 4.68 Å². The molecular weight excluding hydrogens is 250 g/mol. The van der Waals surface area contributed by atoms with Crippen LogP contribution in [0.2, 0.25) is 0 Å². The average Bonchev–Trinajstić information content (AvgIpc) is 3.05. The molecule has 4 nitrogen and oxygen atoms in total. The molecule has 0 spiro atoms. The molecule has 2 aromatic heterocycles. The molecule has 1 aromatic carbocycles. The van der Waals surface area contributed by atoms with E-state index in [4.69, 9.17) is 4.74 Å². The lowest BCUT2D eigenvalue weighted by molar-refractivity contribution is 0.134. The number of aryl methyl sites for hydroxylation is 1. The Hall–Kier alpha value is -2.07. The molecule has 2 heterocycles. The minimum Gasteiger partial charge on any atom is -0.382 e. The van der Waals surface area contributed by atoms with Crippen LogP contribution in [0.5, 0.6) is 0 Å². The Bertz CT molecular complexity index is 673. The summed E-state index contributed by atoms with van der Waals surface area (Å²) in [5.41, 5.74) is 3.49. The summed E-state index contributed by atoms with van der Waals surface area (Å²) < 4.78 is 6.63. The second-order valence-electron chi connectivity index (χ2n) is 4.87. The van der Waals surface area contributed by atoms with Gasteiger partial charge in [0, 0.05) is 44.4 Å². The van der Waals surface area contributed by atoms with Crippen LogP contribution in [0, 0.1) is 0 Å². The van der Waals surface area contributed by atoms with Crippen LogP contribution in [0.1, 0.15) is 15.3 Å². The van der Waals surface area contributed by atoms with Crippen LogP contribution in [0.25, 0.3) is 22.2 Å². The second kappa shape index (κ2) is 6.39. The van der Waals surface area contributed by atoms with E-state index < -0.39 is 0 Å². The molecule has 0 aliphatic heterocycles. The summed E-state index contributed by atoms with van der Waals surface area (Å²) in [6, 6.07) is 10.3. The summed E-state index contributed by atoms with van der Waals surface area (Å²) in [4.78, 5) is 3.26. The first-order valence-corrected chi connectivity index (χ1v) is 6.70. The molecule has 0 atom stereocenters. The van der Waals surface area contributed by atoms with Crippen LogP contribution in [0.4, 0.5) is 0 Å². The van der Waals surface area contributed by atoms with Gasteiger partial charge in [-0.15, -0.1) is 0 Å². The summed E-state index contributed by atoms with van der Waals surface area (Å²) in [7, 11) is 3.65. The lowest BCUT2D eigenvalue weighted by Gasteiger charge is -1.99. The summed E-state index contributed by atoms with van der Waals surface area (Å²) in [5, 5.41) is 5.42. The van der Waals surface area contributed by atoms with Gasteiger partial charge in [-0.05, 0) is 26.0 Å². The number of aromatic nitrogens is 3. The van der Waals surface area contributed by atoms with Gasteiger partial charge in [-0.25, -0.2) is 0 Å². The Kier molecular flexibility index (Phi) is 4.58. The van der Waals surface area contributed by atoms with Crippen molar-refractivity contribution in [2.24, 2.45) is 7.05 Å². The maximum Gasteiger partial charge on any atom is 0.0700 e. The number of ether oxygens (including phenoxy) is 1. The molecule has 108 valence electrons. The van der Waals surface area contributed by atoms with E-state index in [0.717, 1.165) is 11.2 Å². The van der Waals surface area contributed by atoms with Crippen molar-refractivity contribution in [1.29, 1.82) is 0 Å². The first kappa shape index (κ1) is 14.3. The Labute approximate surface area is 120 Å². The lowest BCUT2D eigenvalue weighted by atomic mass is 10.1. The van der Waals surface area contributed by atoms with Crippen molar-refractivity contribution in [2.45, 2.75) is 20.0 Å². The van der Waals surface area contributed by atoms with E-state index in [1.165, 1.54) is 10.9 Å². The zero-order valence-corrected chi connectivity index (χ0v) is 12.4. The van der Waals surface area contributed by atoms with E-state index in [1.54, 1.807) is 7.11 Å². The summed E-state index contributed by atoms with van der Waals surface area (Å²) in [6.45, 7) is 4.00. The number of para-hydroxylation sites is 1. The maximum atomic E-state index is 4.75. The number of aromatic amines is 1. The molecule has 0 bridgehead atoms. The fourth-order valence-corrected chi connectivity index (χ4v) is 1.92. The molecule has 0 aliphatic rings. The molecule has 1 N–H and O–H groups in total. The van der Waals surface area contributed by atoms with Crippen molar-refractivity contribution in [3.05, 3.63) is 42.7 Å². The van der Waals surface area contributed by atoms with Crippen molar-refractivity contribution >= 4 is 10.9 Å². The zero-order chi connectivity index (χ0) is 14.5. The molecule has 20 heavy (non-hydrogen) atoms. The first-order chi connectivity index (χ1) is 9.63. The molecule has 3 rings (SSSR count). The number of hydrogen-bond donors (Lipinski definition) is 1. The van der Waals surface area contributed by atoms with Gasteiger partial charge in [0.2, 0.25) is 0 Å². The van der Waals surface area contributed by atoms with Crippen molar-refractivity contribution in [1.82, 2.24) is 14.8 Å². The highest BCUT2D eigenvalue weighted by molar-refractivity contribution is 5.94. The van der Waals surface area contributed by atoms with E-state index >= 15 is 0 Å². The van der Waals surface area contributed by atoms with E-state index in [1.807, 2.05) is 50.1 Å². The van der Waals surface area contributed by atoms with Crippen molar-refractivity contribution < 1.29 is 6.16 Å². The van der Waals surface area contributed by atoms with Gasteiger partial charge in [-0.2, -0.15) is 5.10 Å². The fourth-order valence-electron chi connectivity index (χ4n) is 1.92. The number of rotatable bonds is 2. The SMILES string of the molecule is COC(C)C.Cn1nccc1-c1c[nH]c2ccccc12.[HH]. The standard InChI is InChI=1S/C12H11N3.C4H10O.H2/c1-15-12(6-7-14-15)10-8-13-11-5-3-2-4-9(10)11;1-4(2)5-3;/h2-8,13H,1H3;4H,1-3H3;1H. The third-order valence-electron chi connectivity index (χ3n) is 3.16. The largest absolute Gasteiger partial charge is 0.382 e. The maximum absolute atomic E-state index is 4.75. The van der Waals surface area contributed by atoms with Gasteiger partial charge in [0.1, 0.15) is 0 Å². The highest BCUT2D eigenvalue weighted by atomic mass is 16.5. The van der Waals surface area contributed by atoms with Crippen molar-refractivity contribution in [2.75, 3.05) is 7.11 Å². The van der Waals surface area contributed by atoms with Crippen LogP contribution in [0.3, 0.4) is 0 Å². The third kappa shape index (κ3) is 3.08. The molecule has 0 saturated carbocycles. The van der Waals surface area contributed by atoms with Gasteiger partial charge in [0.25, 0.3) is 0 Å². The quantitative estimate of drug-likeness (QED) is 0.770. The average molecular weight is 273 g/mol. The van der Waals surface area contributed by atoms with Crippen LogP contribution >= 0.6 is 0 Å². The van der Waals surface area contributed by atoms with Gasteiger partial charge >= 0.3 is 0 Å². The Morgan fingerprint density at radius 3 is 2.55 bits per heavy atom. The Balaban J connectivity index is 0.000000324. The van der Waals surface area contributed by atoms with Crippen LogP contribution in [-0.2, 0) is 11.8 Å². The molecule has 4 heteroatoms. The third-order valence-corrected chi connectivity index (χ3v) is 3.16. The molecule has 3 aromatic rings. The normalized spacial score (nSPS) is 10.7. The molecule has 0 radical (unpaired) electrons. The summed E-state index contributed by atoms with van der Waals surface area (Å²) in [5.74, 6) is 0. The van der Waals surface area contributed by atoms with Crippen LogP contribution in [-0.4, -0.2) is 28.0 Å². The first-order valence-electron chi connectivity index (χ1n) is 6.70. The van der Waals surface area contributed by atoms with Gasteiger partial charge in [0.15, 0.2) is 0 Å².